The van der Waals surface area contributed by atoms with Crippen LogP contribution in [0.5, 0.6) is 5.75 Å². The molecule has 0 saturated carbocycles. The van der Waals surface area contributed by atoms with Gasteiger partial charge in [0.15, 0.2) is 0 Å². The van der Waals surface area contributed by atoms with Crippen molar-refractivity contribution in [2.24, 2.45) is 0 Å². The number of carbonyl (C=O) groups is 1. The minimum atomic E-state index is 0.0538. The van der Waals surface area contributed by atoms with E-state index in [0.717, 1.165) is 36.3 Å². The summed E-state index contributed by atoms with van der Waals surface area (Å²) in [6, 6.07) is 5.57. The number of amides is 1. The molecule has 1 amide bonds. The molecule has 0 bridgehead atoms. The summed E-state index contributed by atoms with van der Waals surface area (Å²) in [6.45, 7) is 4.66. The van der Waals surface area contributed by atoms with Crippen LogP contribution >= 0.6 is 11.6 Å². The Balaban J connectivity index is 2.61. The second-order valence-electron chi connectivity index (χ2n) is 4.39. The van der Waals surface area contributed by atoms with Gasteiger partial charge in [0.25, 0.3) is 0 Å². The summed E-state index contributed by atoms with van der Waals surface area (Å²) in [5.74, 6) is 1.20. The molecule has 0 heterocycles. The Morgan fingerprint density at radius 2 is 2.11 bits per heavy atom. The monoisotopic (exact) mass is 283 g/mol. The molecule has 3 nitrogen and oxygen atoms in total. The molecule has 0 aliphatic rings. The number of ether oxygens (including phenoxy) is 1. The van der Waals surface area contributed by atoms with Gasteiger partial charge < -0.3 is 10.1 Å². The zero-order chi connectivity index (χ0) is 14.1. The number of hydrogen-bond donors (Lipinski definition) is 1. The molecule has 1 aromatic rings. The Morgan fingerprint density at radius 1 is 1.32 bits per heavy atom. The van der Waals surface area contributed by atoms with Crippen molar-refractivity contribution in [1.82, 2.24) is 0 Å². The highest BCUT2D eigenvalue weighted by Gasteiger charge is 2.06. The van der Waals surface area contributed by atoms with Crippen LogP contribution in [0.25, 0.3) is 0 Å². The molecule has 0 atom stereocenters. The molecule has 0 aliphatic carbocycles. The highest BCUT2D eigenvalue weighted by atomic mass is 35.5. The number of unbranched alkanes of at least 4 members (excludes halogenated alkanes) is 2. The number of halogens is 1. The molecule has 4 heteroatoms. The van der Waals surface area contributed by atoms with E-state index < -0.39 is 0 Å². The van der Waals surface area contributed by atoms with Gasteiger partial charge in [-0.2, -0.15) is 0 Å². The van der Waals surface area contributed by atoms with Gasteiger partial charge >= 0.3 is 0 Å². The van der Waals surface area contributed by atoms with E-state index in [1.807, 2.05) is 25.1 Å². The van der Waals surface area contributed by atoms with Gasteiger partial charge in [-0.05, 0) is 31.5 Å². The van der Waals surface area contributed by atoms with Crippen molar-refractivity contribution in [3.8, 4) is 5.75 Å². The van der Waals surface area contributed by atoms with Gasteiger partial charge in [-0.15, -0.1) is 11.6 Å². The predicted octanol–water partition coefficient (Wildman–Crippen LogP) is 4.34. The van der Waals surface area contributed by atoms with E-state index in [0.29, 0.717) is 18.9 Å². The highest BCUT2D eigenvalue weighted by molar-refractivity contribution is 6.17. The molecular weight excluding hydrogens is 262 g/mol. The molecule has 106 valence electrons. The molecule has 1 aromatic carbocycles. The van der Waals surface area contributed by atoms with Gasteiger partial charge in [0.1, 0.15) is 5.75 Å². The number of nitrogens with one attached hydrogen (secondary N) is 1. The van der Waals surface area contributed by atoms with Crippen LogP contribution in [0.2, 0.25) is 0 Å². The lowest BCUT2D eigenvalue weighted by molar-refractivity contribution is -0.116. The van der Waals surface area contributed by atoms with Gasteiger partial charge in [-0.1, -0.05) is 19.8 Å². The van der Waals surface area contributed by atoms with Crippen molar-refractivity contribution >= 4 is 23.2 Å². The second-order valence-corrected chi connectivity index (χ2v) is 4.66. The van der Waals surface area contributed by atoms with Crippen LogP contribution in [-0.4, -0.2) is 12.5 Å². The molecule has 0 saturated heterocycles. The summed E-state index contributed by atoms with van der Waals surface area (Å²) in [4.78, 5) is 11.7. The summed E-state index contributed by atoms with van der Waals surface area (Å²) in [5, 5.41) is 2.89. The first-order chi connectivity index (χ1) is 9.21. The number of alkyl halides is 1. The third-order valence-electron chi connectivity index (χ3n) is 2.80. The average molecular weight is 284 g/mol. The molecule has 1 rings (SSSR count). The maximum Gasteiger partial charge on any atom is 0.224 e. The maximum atomic E-state index is 11.7. The minimum Gasteiger partial charge on any atom is -0.494 e. The number of benzene rings is 1. The lowest BCUT2D eigenvalue weighted by Gasteiger charge is -2.11. The van der Waals surface area contributed by atoms with E-state index >= 15 is 0 Å². The fraction of sp³-hybridized carbons (Fsp3) is 0.533. The van der Waals surface area contributed by atoms with Crippen LogP contribution in [0.4, 0.5) is 5.69 Å². The third-order valence-corrected chi connectivity index (χ3v) is 3.08. The molecule has 0 aliphatic heterocycles. The normalized spacial score (nSPS) is 10.3. The third kappa shape index (κ3) is 5.52. The molecule has 0 unspecified atom stereocenters. The largest absolute Gasteiger partial charge is 0.494 e. The van der Waals surface area contributed by atoms with E-state index in [9.17, 15) is 4.79 Å². The summed E-state index contributed by atoms with van der Waals surface area (Å²) in [5.41, 5.74) is 1.68. The van der Waals surface area contributed by atoms with E-state index in [2.05, 4.69) is 12.2 Å². The smallest absolute Gasteiger partial charge is 0.224 e. The Morgan fingerprint density at radius 3 is 2.74 bits per heavy atom. The lowest BCUT2D eigenvalue weighted by Crippen LogP contribution is -2.11. The van der Waals surface area contributed by atoms with E-state index in [1.54, 1.807) is 0 Å². The van der Waals surface area contributed by atoms with Gasteiger partial charge in [0.2, 0.25) is 5.91 Å². The van der Waals surface area contributed by atoms with Gasteiger partial charge in [-0.3, -0.25) is 4.79 Å². The summed E-state index contributed by atoms with van der Waals surface area (Å²) in [7, 11) is 0. The zero-order valence-corrected chi connectivity index (χ0v) is 12.4. The Bertz CT molecular complexity index is 407. The Kier molecular flexibility index (Phi) is 7.34. The van der Waals surface area contributed by atoms with E-state index in [1.165, 1.54) is 0 Å². The maximum absolute atomic E-state index is 11.7. The summed E-state index contributed by atoms with van der Waals surface area (Å²) >= 11 is 5.89. The van der Waals surface area contributed by atoms with E-state index in [-0.39, 0.29) is 5.91 Å². The Labute approximate surface area is 120 Å². The van der Waals surface area contributed by atoms with Crippen molar-refractivity contribution in [1.29, 1.82) is 0 Å². The molecule has 0 radical (unpaired) electrons. The van der Waals surface area contributed by atoms with Gasteiger partial charge in [0, 0.05) is 17.7 Å². The molecular formula is C15H22ClNO2. The SMILES string of the molecule is CCCCCC(=O)Nc1ccc(OCC)c(CCl)c1. The van der Waals surface area contributed by atoms with E-state index in [4.69, 9.17) is 16.3 Å². The first kappa shape index (κ1) is 15.8. The van der Waals surface area contributed by atoms with Crippen molar-refractivity contribution in [3.05, 3.63) is 23.8 Å². The van der Waals surface area contributed by atoms with Crippen LogP contribution in [0.3, 0.4) is 0 Å². The highest BCUT2D eigenvalue weighted by Crippen LogP contribution is 2.24. The number of anilines is 1. The minimum absolute atomic E-state index is 0.0538. The van der Waals surface area contributed by atoms with Crippen LogP contribution in [0, 0.1) is 0 Å². The van der Waals surface area contributed by atoms with Gasteiger partial charge in [0.05, 0.1) is 12.5 Å². The van der Waals surface area contributed by atoms with Crippen LogP contribution < -0.4 is 10.1 Å². The first-order valence-corrected chi connectivity index (χ1v) is 7.36. The average Bonchev–Trinajstić information content (AvgIpc) is 2.41. The fourth-order valence-corrected chi connectivity index (χ4v) is 2.03. The fourth-order valence-electron chi connectivity index (χ4n) is 1.82. The van der Waals surface area contributed by atoms with Gasteiger partial charge in [-0.25, -0.2) is 0 Å². The topological polar surface area (TPSA) is 38.3 Å². The van der Waals surface area contributed by atoms with Crippen LogP contribution in [-0.2, 0) is 10.7 Å². The summed E-state index contributed by atoms with van der Waals surface area (Å²) < 4.78 is 5.47. The van der Waals surface area contributed by atoms with Crippen molar-refractivity contribution in [2.75, 3.05) is 11.9 Å². The predicted molar refractivity (Wildman–Crippen MR) is 79.9 cm³/mol. The molecule has 0 fully saturated rings. The van der Waals surface area contributed by atoms with Crippen molar-refractivity contribution < 1.29 is 9.53 Å². The lowest BCUT2D eigenvalue weighted by atomic mass is 10.1. The molecule has 1 N–H and O–H groups in total. The molecule has 0 aromatic heterocycles. The Hall–Kier alpha value is -1.22. The molecule has 19 heavy (non-hydrogen) atoms. The van der Waals surface area contributed by atoms with Crippen LogP contribution in [0.15, 0.2) is 18.2 Å². The zero-order valence-electron chi connectivity index (χ0n) is 11.7. The van der Waals surface area contributed by atoms with Crippen molar-refractivity contribution in [2.45, 2.75) is 45.4 Å². The number of hydrogen-bond acceptors (Lipinski definition) is 2. The number of carbonyl (C=O) groups excluding carboxylic acids is 1. The van der Waals surface area contributed by atoms with Crippen molar-refractivity contribution in [3.63, 3.8) is 0 Å². The standard InChI is InChI=1S/C15H22ClNO2/c1-3-5-6-7-15(18)17-13-8-9-14(19-4-2)12(10-13)11-16/h8-10H,3-7,11H2,1-2H3,(H,17,18). The first-order valence-electron chi connectivity index (χ1n) is 6.82. The molecule has 0 spiro atoms. The quantitative estimate of drug-likeness (QED) is 0.569. The summed E-state index contributed by atoms with van der Waals surface area (Å²) in [6.07, 6.45) is 3.70. The van der Waals surface area contributed by atoms with Crippen LogP contribution in [0.1, 0.15) is 45.1 Å². The number of rotatable bonds is 8. The second kappa shape index (κ2) is 8.81.